The van der Waals surface area contributed by atoms with Gasteiger partial charge in [0.1, 0.15) is 5.69 Å². The molecule has 0 radical (unpaired) electrons. The first-order valence-electron chi connectivity index (χ1n) is 6.57. The largest absolute Gasteiger partial charge is 0.477 e. The predicted octanol–water partition coefficient (Wildman–Crippen LogP) is 1.93. The van der Waals surface area contributed by atoms with Gasteiger partial charge in [-0.25, -0.2) is 9.78 Å². The summed E-state index contributed by atoms with van der Waals surface area (Å²) >= 11 is 0. The van der Waals surface area contributed by atoms with Crippen LogP contribution in [0, 0.1) is 5.92 Å². The van der Waals surface area contributed by atoms with Crippen molar-refractivity contribution >= 4 is 5.97 Å². The molecule has 0 saturated heterocycles. The van der Waals surface area contributed by atoms with Crippen molar-refractivity contribution < 1.29 is 14.6 Å². The lowest BCUT2D eigenvalue weighted by Gasteiger charge is -2.07. The van der Waals surface area contributed by atoms with E-state index in [9.17, 15) is 4.79 Å². The molecule has 0 atom stereocenters. The molecule has 0 fully saturated rings. The van der Waals surface area contributed by atoms with Crippen LogP contribution in [0.3, 0.4) is 0 Å². The third-order valence-electron chi connectivity index (χ3n) is 2.43. The lowest BCUT2D eigenvalue weighted by atomic mass is 10.2. The molecule has 0 unspecified atom stereocenters. The SMILES string of the molecule is CC(C)COCCCNCc1cccc(C(=O)O)n1. The van der Waals surface area contributed by atoms with Gasteiger partial charge in [0.25, 0.3) is 0 Å². The minimum atomic E-state index is -0.996. The van der Waals surface area contributed by atoms with Gasteiger partial charge in [0, 0.05) is 19.8 Å². The summed E-state index contributed by atoms with van der Waals surface area (Å²) in [5.41, 5.74) is 0.822. The van der Waals surface area contributed by atoms with Crippen LogP contribution in [-0.2, 0) is 11.3 Å². The second-order valence-electron chi connectivity index (χ2n) is 4.82. The molecule has 5 heteroatoms. The van der Waals surface area contributed by atoms with Gasteiger partial charge in [0.05, 0.1) is 5.69 Å². The highest BCUT2D eigenvalue weighted by atomic mass is 16.5. The number of pyridine rings is 1. The number of carboxylic acid groups (broad SMARTS) is 1. The van der Waals surface area contributed by atoms with Gasteiger partial charge in [0.15, 0.2) is 0 Å². The zero-order valence-electron chi connectivity index (χ0n) is 11.6. The van der Waals surface area contributed by atoms with Crippen molar-refractivity contribution in [1.82, 2.24) is 10.3 Å². The van der Waals surface area contributed by atoms with E-state index in [2.05, 4.69) is 24.1 Å². The van der Waals surface area contributed by atoms with Crippen molar-refractivity contribution in [3.63, 3.8) is 0 Å². The normalized spacial score (nSPS) is 10.9. The maximum Gasteiger partial charge on any atom is 0.354 e. The summed E-state index contributed by atoms with van der Waals surface area (Å²) < 4.78 is 5.46. The van der Waals surface area contributed by atoms with Gasteiger partial charge in [-0.2, -0.15) is 0 Å². The highest BCUT2D eigenvalue weighted by Gasteiger charge is 2.04. The van der Waals surface area contributed by atoms with E-state index in [0.717, 1.165) is 31.9 Å². The van der Waals surface area contributed by atoms with Gasteiger partial charge in [-0.05, 0) is 31.0 Å². The van der Waals surface area contributed by atoms with Crippen molar-refractivity contribution in [3.8, 4) is 0 Å². The van der Waals surface area contributed by atoms with E-state index in [0.29, 0.717) is 12.5 Å². The molecule has 0 aliphatic rings. The van der Waals surface area contributed by atoms with Crippen LogP contribution in [0.25, 0.3) is 0 Å². The van der Waals surface area contributed by atoms with E-state index >= 15 is 0 Å². The van der Waals surface area contributed by atoms with Crippen LogP contribution in [0.4, 0.5) is 0 Å². The summed E-state index contributed by atoms with van der Waals surface area (Å²) in [6, 6.07) is 5.01. The minimum Gasteiger partial charge on any atom is -0.477 e. The lowest BCUT2D eigenvalue weighted by Crippen LogP contribution is -2.18. The molecule has 0 saturated carbocycles. The molecule has 1 rings (SSSR count). The molecule has 2 N–H and O–H groups in total. The van der Waals surface area contributed by atoms with Crippen LogP contribution in [0.2, 0.25) is 0 Å². The summed E-state index contributed by atoms with van der Waals surface area (Å²) in [5.74, 6) is -0.431. The fourth-order valence-electron chi connectivity index (χ4n) is 1.53. The van der Waals surface area contributed by atoms with E-state index in [1.807, 2.05) is 6.07 Å². The van der Waals surface area contributed by atoms with Crippen molar-refractivity contribution in [1.29, 1.82) is 0 Å². The van der Waals surface area contributed by atoms with Crippen molar-refractivity contribution in [2.75, 3.05) is 19.8 Å². The Morgan fingerprint density at radius 2 is 2.26 bits per heavy atom. The first-order valence-corrected chi connectivity index (χ1v) is 6.57. The Labute approximate surface area is 114 Å². The van der Waals surface area contributed by atoms with Crippen LogP contribution < -0.4 is 5.32 Å². The first kappa shape index (κ1) is 15.6. The molecule has 1 heterocycles. The maximum absolute atomic E-state index is 10.8. The second kappa shape index (κ2) is 8.61. The molecule has 1 aromatic rings. The summed E-state index contributed by atoms with van der Waals surface area (Å²) in [5, 5.41) is 12.0. The molecular weight excluding hydrogens is 244 g/mol. The Kier molecular flexibility index (Phi) is 7.07. The van der Waals surface area contributed by atoms with Gasteiger partial charge in [0.2, 0.25) is 0 Å². The summed E-state index contributed by atoms with van der Waals surface area (Å²) in [7, 11) is 0. The number of hydrogen-bond acceptors (Lipinski definition) is 4. The number of rotatable bonds is 9. The van der Waals surface area contributed by atoms with Gasteiger partial charge in [-0.15, -0.1) is 0 Å². The lowest BCUT2D eigenvalue weighted by molar-refractivity contribution is 0.0690. The molecule has 0 aliphatic carbocycles. The highest BCUT2D eigenvalue weighted by Crippen LogP contribution is 1.99. The molecule has 0 amide bonds. The van der Waals surface area contributed by atoms with Crippen molar-refractivity contribution in [2.24, 2.45) is 5.92 Å². The number of carboxylic acids is 1. The van der Waals surface area contributed by atoms with Gasteiger partial charge >= 0.3 is 5.97 Å². The minimum absolute atomic E-state index is 0.0829. The molecular formula is C14H22N2O3. The van der Waals surface area contributed by atoms with Crippen molar-refractivity contribution in [3.05, 3.63) is 29.6 Å². The Hall–Kier alpha value is -1.46. The standard InChI is InChI=1S/C14H22N2O3/c1-11(2)10-19-8-4-7-15-9-12-5-3-6-13(16-12)14(17)18/h3,5-6,11,15H,4,7-10H2,1-2H3,(H,17,18). The van der Waals surface area contributed by atoms with Crippen LogP contribution >= 0.6 is 0 Å². The van der Waals surface area contributed by atoms with Crippen LogP contribution in [0.1, 0.15) is 36.5 Å². The number of nitrogens with one attached hydrogen (secondary N) is 1. The monoisotopic (exact) mass is 266 g/mol. The molecule has 1 aromatic heterocycles. The van der Waals surface area contributed by atoms with Crippen LogP contribution in [-0.4, -0.2) is 35.8 Å². The fraction of sp³-hybridized carbons (Fsp3) is 0.571. The predicted molar refractivity (Wildman–Crippen MR) is 73.2 cm³/mol. The quantitative estimate of drug-likeness (QED) is 0.668. The van der Waals surface area contributed by atoms with E-state index < -0.39 is 5.97 Å². The Balaban J connectivity index is 2.15. The molecule has 0 aromatic carbocycles. The summed E-state index contributed by atoms with van der Waals surface area (Å²) in [6.45, 7) is 7.19. The van der Waals surface area contributed by atoms with Gasteiger partial charge in [-0.3, -0.25) is 0 Å². The first-order chi connectivity index (χ1) is 9.09. The summed E-state index contributed by atoms with van der Waals surface area (Å²) in [4.78, 5) is 14.8. The number of carbonyl (C=O) groups is 1. The third kappa shape index (κ3) is 6.88. The number of hydrogen-bond donors (Lipinski definition) is 2. The number of aromatic nitrogens is 1. The second-order valence-corrected chi connectivity index (χ2v) is 4.82. The zero-order valence-corrected chi connectivity index (χ0v) is 11.6. The van der Waals surface area contributed by atoms with Crippen molar-refractivity contribution in [2.45, 2.75) is 26.8 Å². The fourth-order valence-corrected chi connectivity index (χ4v) is 1.53. The molecule has 0 spiro atoms. The molecule has 106 valence electrons. The average molecular weight is 266 g/mol. The van der Waals surface area contributed by atoms with Gasteiger partial charge < -0.3 is 15.2 Å². The van der Waals surface area contributed by atoms with Crippen LogP contribution in [0.5, 0.6) is 0 Å². The van der Waals surface area contributed by atoms with E-state index in [1.165, 1.54) is 6.07 Å². The number of nitrogens with zero attached hydrogens (tertiary/aromatic N) is 1. The Morgan fingerprint density at radius 3 is 2.95 bits per heavy atom. The molecule has 0 bridgehead atoms. The van der Waals surface area contributed by atoms with E-state index in [-0.39, 0.29) is 5.69 Å². The smallest absolute Gasteiger partial charge is 0.354 e. The van der Waals surface area contributed by atoms with E-state index in [1.54, 1.807) is 6.07 Å². The molecule has 5 nitrogen and oxygen atoms in total. The third-order valence-corrected chi connectivity index (χ3v) is 2.43. The molecule has 19 heavy (non-hydrogen) atoms. The topological polar surface area (TPSA) is 71.5 Å². The highest BCUT2D eigenvalue weighted by molar-refractivity contribution is 5.85. The number of ether oxygens (including phenoxy) is 1. The van der Waals surface area contributed by atoms with E-state index in [4.69, 9.17) is 9.84 Å². The average Bonchev–Trinajstić information content (AvgIpc) is 2.37. The Morgan fingerprint density at radius 1 is 1.47 bits per heavy atom. The summed E-state index contributed by atoms with van der Waals surface area (Å²) in [6.07, 6.45) is 0.936. The molecule has 0 aliphatic heterocycles. The zero-order chi connectivity index (χ0) is 14.1. The van der Waals surface area contributed by atoms with Gasteiger partial charge in [-0.1, -0.05) is 19.9 Å². The van der Waals surface area contributed by atoms with Crippen LogP contribution in [0.15, 0.2) is 18.2 Å². The number of aromatic carboxylic acids is 1. The Bertz CT molecular complexity index is 394. The maximum atomic E-state index is 10.8.